The van der Waals surface area contributed by atoms with Crippen LogP contribution >= 0.6 is 0 Å². The van der Waals surface area contributed by atoms with Gasteiger partial charge in [-0.3, -0.25) is 9.59 Å². The van der Waals surface area contributed by atoms with E-state index in [1.807, 2.05) is 0 Å². The molecule has 0 aromatic heterocycles. The van der Waals surface area contributed by atoms with Gasteiger partial charge in [-0.05, 0) is 6.42 Å². The summed E-state index contributed by atoms with van der Waals surface area (Å²) in [6.45, 7) is 1.96. The van der Waals surface area contributed by atoms with Crippen molar-refractivity contribution in [3.8, 4) is 0 Å². The molecule has 0 saturated heterocycles. The number of carbonyl (C=O) groups is 2. The van der Waals surface area contributed by atoms with Gasteiger partial charge in [-0.1, -0.05) is 58.3 Å². The summed E-state index contributed by atoms with van der Waals surface area (Å²) >= 11 is 0. The summed E-state index contributed by atoms with van der Waals surface area (Å²) in [6, 6.07) is 0. The van der Waals surface area contributed by atoms with E-state index < -0.39 is 5.97 Å². The van der Waals surface area contributed by atoms with Gasteiger partial charge in [-0.2, -0.15) is 0 Å². The molecular weight excluding hydrogens is 267 g/mol. The van der Waals surface area contributed by atoms with E-state index in [0.717, 1.165) is 12.8 Å². The molecule has 0 aliphatic carbocycles. The average molecular weight is 298 g/mol. The van der Waals surface area contributed by atoms with Gasteiger partial charge in [0.25, 0.3) is 0 Å². The molecule has 0 heterocycles. The first-order chi connectivity index (χ1) is 9.04. The predicted octanol–water partition coefficient (Wildman–Crippen LogP) is 1.77. The molecule has 0 rings (SSSR count). The molecule has 0 radical (unpaired) electrons. The number of rotatable bonds is 11. The summed E-state index contributed by atoms with van der Waals surface area (Å²) in [7, 11) is 0. The standard InChI is InChI=1S/C12H25NO.C2H5NO2.Na.H/c1-2-3-4-5-6-7-8-9-10-11-12(13)14;3-1-2(4)5;;/h2-11H2,1H3,(H2,13,14);1,3H2,(H,4,5);;. The van der Waals surface area contributed by atoms with Crippen molar-refractivity contribution in [3.63, 3.8) is 0 Å². The third kappa shape index (κ3) is 30.7. The number of aliphatic carboxylic acids is 1. The first-order valence-electron chi connectivity index (χ1n) is 7.24. The van der Waals surface area contributed by atoms with Gasteiger partial charge in [0.05, 0.1) is 6.54 Å². The van der Waals surface area contributed by atoms with Crippen molar-refractivity contribution in [1.82, 2.24) is 0 Å². The molecule has 0 aromatic carbocycles. The molecule has 20 heavy (non-hydrogen) atoms. The Bertz CT molecular complexity index is 226. The van der Waals surface area contributed by atoms with E-state index in [-0.39, 0.29) is 42.0 Å². The van der Waals surface area contributed by atoms with E-state index in [1.54, 1.807) is 0 Å². The van der Waals surface area contributed by atoms with Crippen molar-refractivity contribution in [2.24, 2.45) is 11.5 Å². The summed E-state index contributed by atoms with van der Waals surface area (Å²) in [5.74, 6) is -1.13. The second kappa shape index (κ2) is 21.2. The number of carboxylic acid groups (broad SMARTS) is 1. The Kier molecular flexibility index (Phi) is 26.4. The Morgan fingerprint density at radius 1 is 0.900 bits per heavy atom. The fourth-order valence-corrected chi connectivity index (χ4v) is 1.61. The maximum absolute atomic E-state index is 10.4. The zero-order valence-corrected chi connectivity index (χ0v) is 12.2. The predicted molar refractivity (Wildman–Crippen MR) is 84.9 cm³/mol. The first-order valence-corrected chi connectivity index (χ1v) is 7.24. The molecule has 1 amide bonds. The summed E-state index contributed by atoms with van der Waals surface area (Å²) < 4.78 is 0. The number of hydrogen-bond donors (Lipinski definition) is 3. The van der Waals surface area contributed by atoms with Gasteiger partial charge in [-0.25, -0.2) is 0 Å². The van der Waals surface area contributed by atoms with E-state index in [0.29, 0.717) is 6.42 Å². The van der Waals surface area contributed by atoms with Crippen molar-refractivity contribution in [2.45, 2.75) is 71.1 Å². The van der Waals surface area contributed by atoms with Gasteiger partial charge in [0.1, 0.15) is 0 Å². The zero-order chi connectivity index (χ0) is 14.9. The van der Waals surface area contributed by atoms with Crippen LogP contribution in [0.15, 0.2) is 0 Å². The minimum atomic E-state index is -0.968. The van der Waals surface area contributed by atoms with Crippen molar-refractivity contribution < 1.29 is 14.7 Å². The van der Waals surface area contributed by atoms with Gasteiger partial charge >= 0.3 is 35.5 Å². The Balaban J connectivity index is -0.000000414. The molecule has 0 aromatic rings. The second-order valence-corrected chi connectivity index (χ2v) is 4.64. The van der Waals surface area contributed by atoms with Crippen LogP contribution in [0, 0.1) is 0 Å². The van der Waals surface area contributed by atoms with E-state index in [1.165, 1.54) is 44.9 Å². The fourth-order valence-electron chi connectivity index (χ4n) is 1.61. The minimum absolute atomic E-state index is 0. The quantitative estimate of drug-likeness (QED) is 0.399. The van der Waals surface area contributed by atoms with Crippen LogP contribution in [0.1, 0.15) is 71.1 Å². The Morgan fingerprint density at radius 3 is 1.55 bits per heavy atom. The van der Waals surface area contributed by atoms with Crippen molar-refractivity contribution in [3.05, 3.63) is 0 Å². The number of nitrogens with two attached hydrogens (primary N) is 2. The van der Waals surface area contributed by atoms with Gasteiger partial charge in [-0.15, -0.1) is 0 Å². The Morgan fingerprint density at radius 2 is 1.25 bits per heavy atom. The van der Waals surface area contributed by atoms with Crippen LogP contribution in [0.25, 0.3) is 0 Å². The number of hydrogen-bond acceptors (Lipinski definition) is 3. The molecule has 0 aliphatic rings. The molecule has 0 bridgehead atoms. The topological polar surface area (TPSA) is 106 Å². The summed E-state index contributed by atoms with van der Waals surface area (Å²) in [4.78, 5) is 19.7. The summed E-state index contributed by atoms with van der Waals surface area (Å²) in [6.07, 6.45) is 12.1. The SMILES string of the molecule is CCCCCCCCCCCC(N)=O.NCC(=O)O.[NaH]. The normalized spacial score (nSPS) is 9.10. The Labute approximate surface area is 145 Å². The molecule has 116 valence electrons. The zero-order valence-electron chi connectivity index (χ0n) is 12.2. The molecule has 5 nitrogen and oxygen atoms in total. The average Bonchev–Trinajstić information content (AvgIpc) is 2.37. The molecule has 0 fully saturated rings. The van der Waals surface area contributed by atoms with Gasteiger partial charge in [0.2, 0.25) is 5.91 Å². The van der Waals surface area contributed by atoms with E-state index in [4.69, 9.17) is 10.8 Å². The van der Waals surface area contributed by atoms with Crippen LogP contribution in [0.4, 0.5) is 0 Å². The monoisotopic (exact) mass is 298 g/mol. The van der Waals surface area contributed by atoms with E-state index >= 15 is 0 Å². The number of unbranched alkanes of at least 4 members (excludes halogenated alkanes) is 8. The van der Waals surface area contributed by atoms with E-state index in [9.17, 15) is 9.59 Å². The number of carbonyl (C=O) groups excluding carboxylic acids is 1. The van der Waals surface area contributed by atoms with E-state index in [2.05, 4.69) is 12.7 Å². The maximum atomic E-state index is 10.4. The first kappa shape index (κ1) is 24.9. The van der Waals surface area contributed by atoms with Crippen LogP contribution in [0.3, 0.4) is 0 Å². The molecule has 0 aliphatic heterocycles. The van der Waals surface area contributed by atoms with Crippen LogP contribution < -0.4 is 11.5 Å². The second-order valence-electron chi connectivity index (χ2n) is 4.64. The number of amides is 1. The summed E-state index contributed by atoms with van der Waals surface area (Å²) in [5.41, 5.74) is 9.62. The van der Waals surface area contributed by atoms with Gasteiger partial charge < -0.3 is 16.6 Å². The third-order valence-corrected chi connectivity index (χ3v) is 2.70. The summed E-state index contributed by atoms with van der Waals surface area (Å²) in [5, 5.41) is 7.60. The molecule has 0 spiro atoms. The molecule has 6 heteroatoms. The van der Waals surface area contributed by atoms with Gasteiger partial charge in [0.15, 0.2) is 0 Å². The molecule has 5 N–H and O–H groups in total. The molecular formula is C14H31N2NaO3. The molecule has 0 saturated carbocycles. The third-order valence-electron chi connectivity index (χ3n) is 2.70. The van der Waals surface area contributed by atoms with Crippen LogP contribution in [0.2, 0.25) is 0 Å². The number of primary amides is 1. The Hall–Kier alpha value is -0.100. The van der Waals surface area contributed by atoms with Crippen LogP contribution in [0.5, 0.6) is 0 Å². The molecule has 0 atom stereocenters. The van der Waals surface area contributed by atoms with Crippen molar-refractivity contribution in [1.29, 1.82) is 0 Å². The molecule has 0 unspecified atom stereocenters. The fraction of sp³-hybridized carbons (Fsp3) is 0.857. The van der Waals surface area contributed by atoms with Crippen molar-refractivity contribution >= 4 is 41.4 Å². The van der Waals surface area contributed by atoms with Crippen molar-refractivity contribution in [2.75, 3.05) is 6.54 Å². The van der Waals surface area contributed by atoms with Crippen LogP contribution in [-0.4, -0.2) is 53.1 Å². The number of carboxylic acids is 1. The van der Waals surface area contributed by atoms with Gasteiger partial charge in [0, 0.05) is 6.42 Å². The van der Waals surface area contributed by atoms with Crippen LogP contribution in [-0.2, 0) is 9.59 Å².